The third-order valence-corrected chi connectivity index (χ3v) is 3.44. The van der Waals surface area contributed by atoms with E-state index < -0.39 is 11.5 Å². The van der Waals surface area contributed by atoms with Gasteiger partial charge in [0.05, 0.1) is 11.6 Å². The molecule has 0 aliphatic heterocycles. The first-order valence-corrected chi connectivity index (χ1v) is 5.63. The molecular formula is C13H14F2N2. The molecule has 0 amide bonds. The second-order valence-electron chi connectivity index (χ2n) is 4.70. The van der Waals surface area contributed by atoms with Crippen LogP contribution in [0.15, 0.2) is 24.3 Å². The van der Waals surface area contributed by atoms with E-state index in [9.17, 15) is 8.78 Å². The van der Waals surface area contributed by atoms with Gasteiger partial charge in [-0.15, -0.1) is 0 Å². The van der Waals surface area contributed by atoms with Gasteiger partial charge >= 0.3 is 0 Å². The highest BCUT2D eigenvalue weighted by atomic mass is 19.3. The number of halogens is 2. The Hall–Kier alpha value is -1.47. The summed E-state index contributed by atoms with van der Waals surface area (Å²) < 4.78 is 26.2. The van der Waals surface area contributed by atoms with Gasteiger partial charge < -0.3 is 5.73 Å². The Bertz CT molecular complexity index is 453. The number of nitrogens with zero attached hydrogens (tertiary/aromatic N) is 1. The molecule has 1 aliphatic carbocycles. The van der Waals surface area contributed by atoms with Gasteiger partial charge in [-0.1, -0.05) is 12.1 Å². The van der Waals surface area contributed by atoms with E-state index in [0.29, 0.717) is 5.56 Å². The van der Waals surface area contributed by atoms with Crippen LogP contribution in [0.1, 0.15) is 36.8 Å². The first-order valence-electron chi connectivity index (χ1n) is 5.63. The monoisotopic (exact) mass is 236 g/mol. The van der Waals surface area contributed by atoms with Gasteiger partial charge in [0, 0.05) is 18.4 Å². The molecule has 0 radical (unpaired) electrons. The molecule has 90 valence electrons. The molecule has 4 heteroatoms. The van der Waals surface area contributed by atoms with E-state index in [-0.39, 0.29) is 25.7 Å². The van der Waals surface area contributed by atoms with Gasteiger partial charge in [0.2, 0.25) is 5.92 Å². The van der Waals surface area contributed by atoms with Crippen LogP contribution in [0.4, 0.5) is 8.78 Å². The van der Waals surface area contributed by atoms with Crippen molar-refractivity contribution in [2.75, 3.05) is 0 Å². The first-order chi connectivity index (χ1) is 7.95. The van der Waals surface area contributed by atoms with E-state index in [1.54, 1.807) is 18.2 Å². The van der Waals surface area contributed by atoms with Crippen molar-refractivity contribution < 1.29 is 8.78 Å². The molecule has 1 aromatic rings. The quantitative estimate of drug-likeness (QED) is 0.815. The molecule has 2 rings (SSSR count). The molecule has 0 unspecified atom stereocenters. The second-order valence-corrected chi connectivity index (χ2v) is 4.70. The van der Waals surface area contributed by atoms with E-state index in [4.69, 9.17) is 11.0 Å². The lowest BCUT2D eigenvalue weighted by molar-refractivity contribution is -0.0514. The number of alkyl halides is 2. The van der Waals surface area contributed by atoms with Gasteiger partial charge in [0.1, 0.15) is 0 Å². The average molecular weight is 236 g/mol. The van der Waals surface area contributed by atoms with Gasteiger partial charge in [-0.2, -0.15) is 5.26 Å². The summed E-state index contributed by atoms with van der Waals surface area (Å²) in [5.41, 5.74) is 6.77. The number of nitrogens with two attached hydrogens (primary N) is 1. The SMILES string of the molecule is N#Cc1cccc(C2(N)CCC(F)(F)CC2)c1. The lowest BCUT2D eigenvalue weighted by Gasteiger charge is -2.37. The summed E-state index contributed by atoms with van der Waals surface area (Å²) in [5, 5.41) is 8.82. The van der Waals surface area contributed by atoms with Gasteiger partial charge in [0.25, 0.3) is 0 Å². The average Bonchev–Trinajstić information content (AvgIpc) is 2.33. The van der Waals surface area contributed by atoms with Crippen molar-refractivity contribution in [1.29, 1.82) is 5.26 Å². The molecular weight excluding hydrogens is 222 g/mol. The maximum absolute atomic E-state index is 13.1. The molecule has 2 N–H and O–H groups in total. The highest BCUT2D eigenvalue weighted by Crippen LogP contribution is 2.42. The van der Waals surface area contributed by atoms with Crippen molar-refractivity contribution in [3.63, 3.8) is 0 Å². The van der Waals surface area contributed by atoms with Gasteiger partial charge in [-0.3, -0.25) is 0 Å². The van der Waals surface area contributed by atoms with Crippen LogP contribution in [0.25, 0.3) is 0 Å². The van der Waals surface area contributed by atoms with E-state index >= 15 is 0 Å². The minimum atomic E-state index is -2.59. The predicted octanol–water partition coefficient (Wildman–Crippen LogP) is 2.92. The maximum atomic E-state index is 13.1. The number of benzene rings is 1. The summed E-state index contributed by atoms with van der Waals surface area (Å²) >= 11 is 0. The fourth-order valence-corrected chi connectivity index (χ4v) is 2.25. The van der Waals surface area contributed by atoms with Crippen LogP contribution in [0.2, 0.25) is 0 Å². The van der Waals surface area contributed by atoms with E-state index in [1.807, 2.05) is 12.1 Å². The van der Waals surface area contributed by atoms with Gasteiger partial charge in [-0.25, -0.2) is 8.78 Å². The van der Waals surface area contributed by atoms with Crippen molar-refractivity contribution in [3.05, 3.63) is 35.4 Å². The minimum absolute atomic E-state index is 0.180. The van der Waals surface area contributed by atoms with Crippen LogP contribution >= 0.6 is 0 Å². The lowest BCUT2D eigenvalue weighted by Crippen LogP contribution is -2.43. The Kier molecular flexibility index (Phi) is 2.88. The number of rotatable bonds is 1. The molecule has 0 heterocycles. The van der Waals surface area contributed by atoms with Crippen molar-refractivity contribution in [1.82, 2.24) is 0 Å². The number of nitriles is 1. The third kappa shape index (κ3) is 2.45. The largest absolute Gasteiger partial charge is 0.321 e. The molecule has 1 aliphatic rings. The van der Waals surface area contributed by atoms with E-state index in [2.05, 4.69) is 0 Å². The highest BCUT2D eigenvalue weighted by Gasteiger charge is 2.42. The van der Waals surface area contributed by atoms with Crippen LogP contribution < -0.4 is 5.73 Å². The van der Waals surface area contributed by atoms with Crippen molar-refractivity contribution >= 4 is 0 Å². The van der Waals surface area contributed by atoms with Crippen LogP contribution in [0.3, 0.4) is 0 Å². The lowest BCUT2D eigenvalue weighted by atomic mass is 9.76. The molecule has 1 saturated carbocycles. The van der Waals surface area contributed by atoms with E-state index in [0.717, 1.165) is 5.56 Å². The maximum Gasteiger partial charge on any atom is 0.248 e. The fraction of sp³-hybridized carbons (Fsp3) is 0.462. The van der Waals surface area contributed by atoms with E-state index in [1.165, 1.54) is 0 Å². The standard InChI is InChI=1S/C13H14F2N2/c14-13(15)6-4-12(17,5-7-13)11-3-1-2-10(8-11)9-16/h1-3,8H,4-7,17H2. The third-order valence-electron chi connectivity index (χ3n) is 3.44. The smallest absolute Gasteiger partial charge is 0.248 e. The Morgan fingerprint density at radius 1 is 1.18 bits per heavy atom. The zero-order valence-corrected chi connectivity index (χ0v) is 9.42. The summed E-state index contributed by atoms with van der Waals surface area (Å²) in [6.07, 6.45) is 0.157. The summed E-state index contributed by atoms with van der Waals surface area (Å²) in [5.74, 6) is -2.59. The van der Waals surface area contributed by atoms with Crippen molar-refractivity contribution in [2.45, 2.75) is 37.1 Å². The Labute approximate surface area is 99.0 Å². The summed E-state index contributed by atoms with van der Waals surface area (Å²) in [4.78, 5) is 0. The van der Waals surface area contributed by atoms with Crippen LogP contribution in [0.5, 0.6) is 0 Å². The molecule has 0 atom stereocenters. The van der Waals surface area contributed by atoms with Crippen molar-refractivity contribution in [3.8, 4) is 6.07 Å². The minimum Gasteiger partial charge on any atom is -0.321 e. The number of hydrogen-bond donors (Lipinski definition) is 1. The Morgan fingerprint density at radius 3 is 2.41 bits per heavy atom. The van der Waals surface area contributed by atoms with Gasteiger partial charge in [0.15, 0.2) is 0 Å². The zero-order chi connectivity index (χ0) is 12.5. The first kappa shape index (κ1) is 12.0. The predicted molar refractivity (Wildman–Crippen MR) is 60.4 cm³/mol. The molecule has 0 spiro atoms. The van der Waals surface area contributed by atoms with Gasteiger partial charge in [-0.05, 0) is 30.5 Å². The molecule has 1 fully saturated rings. The Morgan fingerprint density at radius 2 is 1.82 bits per heavy atom. The summed E-state index contributed by atoms with van der Waals surface area (Å²) in [6, 6.07) is 8.97. The normalized spacial score (nSPS) is 21.8. The van der Waals surface area contributed by atoms with Crippen molar-refractivity contribution in [2.24, 2.45) is 5.73 Å². The molecule has 1 aromatic carbocycles. The van der Waals surface area contributed by atoms with Crippen LogP contribution in [0, 0.1) is 11.3 Å². The Balaban J connectivity index is 2.25. The molecule has 0 saturated heterocycles. The van der Waals surface area contributed by atoms with Crippen LogP contribution in [-0.4, -0.2) is 5.92 Å². The summed E-state index contributed by atoms with van der Waals surface area (Å²) in [7, 11) is 0. The fourth-order valence-electron chi connectivity index (χ4n) is 2.25. The second kappa shape index (κ2) is 4.08. The number of hydrogen-bond acceptors (Lipinski definition) is 2. The molecule has 17 heavy (non-hydrogen) atoms. The highest BCUT2D eigenvalue weighted by molar-refractivity contribution is 5.36. The zero-order valence-electron chi connectivity index (χ0n) is 9.42. The summed E-state index contributed by atoms with van der Waals surface area (Å²) in [6.45, 7) is 0. The topological polar surface area (TPSA) is 49.8 Å². The molecule has 2 nitrogen and oxygen atoms in total. The van der Waals surface area contributed by atoms with Crippen LogP contribution in [-0.2, 0) is 5.54 Å². The molecule has 0 aromatic heterocycles. The molecule has 0 bridgehead atoms.